The van der Waals surface area contributed by atoms with Crippen LogP contribution in [0.3, 0.4) is 0 Å². The maximum atomic E-state index is 12.9. The second-order valence-electron chi connectivity index (χ2n) is 6.96. The summed E-state index contributed by atoms with van der Waals surface area (Å²) in [6.45, 7) is 2.12. The lowest BCUT2D eigenvalue weighted by atomic mass is 9.81. The van der Waals surface area contributed by atoms with Gasteiger partial charge in [-0.1, -0.05) is 62.0 Å². The van der Waals surface area contributed by atoms with Crippen LogP contribution in [0, 0.1) is 0 Å². The zero-order chi connectivity index (χ0) is 20.3. The van der Waals surface area contributed by atoms with E-state index in [2.05, 4.69) is 12.1 Å². The van der Waals surface area contributed by atoms with Crippen molar-refractivity contribution in [3.63, 3.8) is 0 Å². The molecule has 0 saturated heterocycles. The third-order valence-electron chi connectivity index (χ3n) is 5.10. The highest BCUT2D eigenvalue weighted by Gasteiger charge is 2.36. The molecular weight excluding hydrogens is 358 g/mol. The Morgan fingerprint density at radius 1 is 0.929 bits per heavy atom. The van der Waals surface area contributed by atoms with E-state index in [0.717, 1.165) is 32.1 Å². The Morgan fingerprint density at radius 2 is 1.54 bits per heavy atom. The highest BCUT2D eigenvalue weighted by atomic mass is 16.4. The second kappa shape index (κ2) is 8.25. The molecule has 3 N–H and O–H groups in total. The molecule has 0 saturated carbocycles. The fourth-order valence-corrected chi connectivity index (χ4v) is 3.61. The van der Waals surface area contributed by atoms with Gasteiger partial charge >= 0.3 is 0 Å². The van der Waals surface area contributed by atoms with Crippen LogP contribution in [-0.2, 0) is 0 Å². The molecule has 0 aliphatic heterocycles. The normalized spacial score (nSPS) is 13.4. The van der Waals surface area contributed by atoms with Crippen molar-refractivity contribution in [2.24, 2.45) is 5.16 Å². The van der Waals surface area contributed by atoms with Gasteiger partial charge < -0.3 is 15.4 Å². The van der Waals surface area contributed by atoms with Gasteiger partial charge in [0, 0.05) is 16.7 Å². The van der Waals surface area contributed by atoms with Gasteiger partial charge in [0.05, 0.1) is 16.8 Å². The van der Waals surface area contributed by atoms with Gasteiger partial charge in [0.25, 0.3) is 0 Å². The number of hydrogen-bond donors (Lipinski definition) is 3. The molecule has 0 aromatic heterocycles. The lowest BCUT2D eigenvalue weighted by molar-refractivity contribution is 0.0974. The summed E-state index contributed by atoms with van der Waals surface area (Å²) < 4.78 is 0. The van der Waals surface area contributed by atoms with Crippen LogP contribution in [0.1, 0.15) is 82.9 Å². The first-order valence-electron chi connectivity index (χ1n) is 9.49. The van der Waals surface area contributed by atoms with E-state index in [4.69, 9.17) is 0 Å². The number of ketones is 2. The van der Waals surface area contributed by atoms with E-state index in [1.54, 1.807) is 12.1 Å². The van der Waals surface area contributed by atoms with Crippen molar-refractivity contribution in [3.8, 4) is 11.5 Å². The quantitative estimate of drug-likeness (QED) is 0.185. The molecule has 0 unspecified atom stereocenters. The smallest absolute Gasteiger partial charge is 0.198 e. The van der Waals surface area contributed by atoms with Crippen LogP contribution in [0.15, 0.2) is 35.5 Å². The molecule has 0 bridgehead atoms. The van der Waals surface area contributed by atoms with E-state index in [-0.39, 0.29) is 33.5 Å². The van der Waals surface area contributed by atoms with Crippen molar-refractivity contribution in [1.29, 1.82) is 0 Å². The summed E-state index contributed by atoms with van der Waals surface area (Å²) >= 11 is 0. The standard InChI is InChI=1S/C22H23NO5/c1-2-3-4-5-6-11-16(23-28)15-12-17(24)18-19(22(15)27)21(26)14-10-8-7-9-13(14)20(18)25/h7-10,12,24,27-28H,2-6,11H2,1H3/b23-16-. The first-order valence-corrected chi connectivity index (χ1v) is 9.49. The number of benzene rings is 2. The Morgan fingerprint density at radius 3 is 2.14 bits per heavy atom. The predicted molar refractivity (Wildman–Crippen MR) is 105 cm³/mol. The minimum atomic E-state index is -0.542. The molecule has 0 radical (unpaired) electrons. The molecule has 146 valence electrons. The van der Waals surface area contributed by atoms with Crippen molar-refractivity contribution < 1.29 is 25.0 Å². The molecule has 3 rings (SSSR count). The van der Waals surface area contributed by atoms with E-state index < -0.39 is 23.1 Å². The fourth-order valence-electron chi connectivity index (χ4n) is 3.61. The topological polar surface area (TPSA) is 107 Å². The highest BCUT2D eigenvalue weighted by Crippen LogP contribution is 2.40. The Kier molecular flexibility index (Phi) is 5.78. The van der Waals surface area contributed by atoms with Crippen molar-refractivity contribution in [3.05, 3.63) is 58.1 Å². The molecule has 0 fully saturated rings. The summed E-state index contributed by atoms with van der Waals surface area (Å²) in [4.78, 5) is 25.6. The van der Waals surface area contributed by atoms with Gasteiger partial charge in [0.15, 0.2) is 11.6 Å². The van der Waals surface area contributed by atoms with Crippen molar-refractivity contribution in [2.45, 2.75) is 45.4 Å². The molecule has 1 aliphatic carbocycles. The molecule has 28 heavy (non-hydrogen) atoms. The Bertz CT molecular complexity index is 962. The molecule has 6 nitrogen and oxygen atoms in total. The van der Waals surface area contributed by atoms with Crippen LogP contribution >= 0.6 is 0 Å². The van der Waals surface area contributed by atoms with E-state index >= 15 is 0 Å². The average Bonchev–Trinajstić information content (AvgIpc) is 2.70. The van der Waals surface area contributed by atoms with E-state index in [1.807, 2.05) is 0 Å². The number of phenolic OH excluding ortho intramolecular Hbond substituents is 2. The van der Waals surface area contributed by atoms with Crippen LogP contribution in [-0.4, -0.2) is 32.7 Å². The van der Waals surface area contributed by atoms with Gasteiger partial charge in [-0.3, -0.25) is 9.59 Å². The number of carbonyl (C=O) groups is 2. The van der Waals surface area contributed by atoms with Gasteiger partial charge in [0.2, 0.25) is 0 Å². The average molecular weight is 381 g/mol. The number of rotatable bonds is 7. The zero-order valence-corrected chi connectivity index (χ0v) is 15.7. The Hall–Kier alpha value is -3.15. The number of hydrogen-bond acceptors (Lipinski definition) is 6. The minimum absolute atomic E-state index is 0.0646. The lowest BCUT2D eigenvalue weighted by Crippen LogP contribution is -2.22. The third-order valence-corrected chi connectivity index (χ3v) is 5.10. The van der Waals surface area contributed by atoms with Crippen LogP contribution in [0.5, 0.6) is 11.5 Å². The number of carbonyl (C=O) groups excluding carboxylic acids is 2. The van der Waals surface area contributed by atoms with Gasteiger partial charge in [-0.05, 0) is 18.9 Å². The van der Waals surface area contributed by atoms with Gasteiger partial charge in [0.1, 0.15) is 11.5 Å². The summed E-state index contributed by atoms with van der Waals surface area (Å²) in [5.74, 6) is -1.92. The maximum absolute atomic E-state index is 12.9. The highest BCUT2D eigenvalue weighted by molar-refractivity contribution is 6.31. The summed E-state index contributed by atoms with van der Waals surface area (Å²) in [7, 11) is 0. The van der Waals surface area contributed by atoms with Crippen LogP contribution < -0.4 is 0 Å². The van der Waals surface area contributed by atoms with Gasteiger partial charge in [-0.15, -0.1) is 0 Å². The first-order chi connectivity index (χ1) is 13.5. The third kappa shape index (κ3) is 3.38. The van der Waals surface area contributed by atoms with Crippen LogP contribution in [0.4, 0.5) is 0 Å². The van der Waals surface area contributed by atoms with Gasteiger partial charge in [-0.25, -0.2) is 0 Å². The van der Waals surface area contributed by atoms with E-state index in [1.165, 1.54) is 18.2 Å². The summed E-state index contributed by atoms with van der Waals surface area (Å²) in [6, 6.07) is 7.48. The summed E-state index contributed by atoms with van der Waals surface area (Å²) in [6.07, 6.45) is 5.34. The second-order valence-corrected chi connectivity index (χ2v) is 6.96. The molecule has 0 spiro atoms. The molecule has 0 atom stereocenters. The van der Waals surface area contributed by atoms with Crippen molar-refractivity contribution in [1.82, 2.24) is 0 Å². The number of nitrogens with zero attached hydrogens (tertiary/aromatic N) is 1. The Balaban J connectivity index is 2.00. The molecule has 2 aromatic carbocycles. The number of oxime groups is 1. The lowest BCUT2D eigenvalue weighted by Gasteiger charge is -2.21. The Labute approximate surface area is 163 Å². The van der Waals surface area contributed by atoms with E-state index in [9.17, 15) is 25.0 Å². The summed E-state index contributed by atoms with van der Waals surface area (Å²) in [5.41, 5.74) is 0.139. The van der Waals surface area contributed by atoms with E-state index in [0.29, 0.717) is 6.42 Å². The fraction of sp³-hybridized carbons (Fsp3) is 0.318. The SMILES string of the molecule is CCCCCCC/C(=N/O)c1cc(O)c2c(c1O)C(=O)c1ccccc1C2=O. The molecular formula is C22H23NO5. The van der Waals surface area contributed by atoms with Gasteiger partial charge in [-0.2, -0.15) is 0 Å². The van der Waals surface area contributed by atoms with Crippen molar-refractivity contribution in [2.75, 3.05) is 0 Å². The largest absolute Gasteiger partial charge is 0.507 e. The minimum Gasteiger partial charge on any atom is -0.507 e. The molecule has 6 heteroatoms. The maximum Gasteiger partial charge on any atom is 0.198 e. The van der Waals surface area contributed by atoms with Crippen LogP contribution in [0.25, 0.3) is 0 Å². The molecule has 0 heterocycles. The van der Waals surface area contributed by atoms with Crippen molar-refractivity contribution >= 4 is 17.3 Å². The van der Waals surface area contributed by atoms with Crippen LogP contribution in [0.2, 0.25) is 0 Å². The monoisotopic (exact) mass is 381 g/mol. The number of aromatic hydroxyl groups is 2. The molecule has 1 aliphatic rings. The molecule has 0 amide bonds. The number of unbranched alkanes of at least 4 members (excludes halogenated alkanes) is 4. The summed E-state index contributed by atoms with van der Waals surface area (Å²) in [5, 5.41) is 33.9. The molecule has 2 aromatic rings. The zero-order valence-electron chi connectivity index (χ0n) is 15.7. The number of fused-ring (bicyclic) bond motifs is 2. The predicted octanol–water partition coefficient (Wildman–Crippen LogP) is 4.41. The number of phenols is 2. The first kappa shape index (κ1) is 19.6.